The first-order valence-corrected chi connectivity index (χ1v) is 6.41. The third kappa shape index (κ3) is 2.02. The monoisotopic (exact) mass is 316 g/mol. The zero-order valence-corrected chi connectivity index (χ0v) is 11.3. The first-order chi connectivity index (χ1) is 9.16. The van der Waals surface area contributed by atoms with Crippen molar-refractivity contribution >= 4 is 26.8 Å². The van der Waals surface area contributed by atoms with E-state index in [0.717, 1.165) is 4.47 Å². The zero-order valence-electron chi connectivity index (χ0n) is 9.72. The van der Waals surface area contributed by atoms with Crippen molar-refractivity contribution in [2.45, 2.75) is 0 Å². The highest BCUT2D eigenvalue weighted by atomic mass is 79.9. The third-order valence-electron chi connectivity index (χ3n) is 2.90. The predicted octanol–water partition coefficient (Wildman–Crippen LogP) is 3.06. The topological polar surface area (TPSA) is 66.0 Å². The van der Waals surface area contributed by atoms with E-state index in [0.29, 0.717) is 16.5 Å². The number of rotatable bonds is 1. The van der Waals surface area contributed by atoms with E-state index in [1.165, 1.54) is 0 Å². The molecule has 0 atom stereocenters. The van der Waals surface area contributed by atoms with Gasteiger partial charge in [-0.1, -0.05) is 22.0 Å². The second-order valence-corrected chi connectivity index (χ2v) is 5.03. The summed E-state index contributed by atoms with van der Waals surface area (Å²) in [4.78, 5) is 18.8. The fourth-order valence-corrected chi connectivity index (χ4v) is 2.39. The smallest absolute Gasteiger partial charge is 0.260 e. The number of aromatic nitrogens is 2. The van der Waals surface area contributed by atoms with Crippen LogP contribution in [0.4, 0.5) is 0 Å². The van der Waals surface area contributed by atoms with Crippen molar-refractivity contribution in [3.8, 4) is 16.9 Å². The van der Waals surface area contributed by atoms with E-state index in [1.807, 2.05) is 6.07 Å². The number of H-pyrrole nitrogens is 1. The molecule has 2 heterocycles. The van der Waals surface area contributed by atoms with Gasteiger partial charge < -0.3 is 10.1 Å². The second kappa shape index (κ2) is 4.51. The highest BCUT2D eigenvalue weighted by molar-refractivity contribution is 9.10. The summed E-state index contributed by atoms with van der Waals surface area (Å²) in [6, 6.07) is 8.77. The fourth-order valence-electron chi connectivity index (χ4n) is 2.03. The Balaban J connectivity index is 2.40. The molecular weight excluding hydrogens is 308 g/mol. The maximum absolute atomic E-state index is 12.1. The average Bonchev–Trinajstić information content (AvgIpc) is 2.41. The molecule has 2 aromatic heterocycles. The van der Waals surface area contributed by atoms with Gasteiger partial charge in [-0.25, -0.2) is 0 Å². The van der Waals surface area contributed by atoms with Crippen LogP contribution in [0.5, 0.6) is 5.75 Å². The Hall–Kier alpha value is -2.14. The molecule has 19 heavy (non-hydrogen) atoms. The molecule has 0 unspecified atom stereocenters. The molecule has 3 rings (SSSR count). The maximum atomic E-state index is 12.1. The van der Waals surface area contributed by atoms with E-state index in [9.17, 15) is 9.90 Å². The summed E-state index contributed by atoms with van der Waals surface area (Å²) in [5.41, 5.74) is 1.08. The van der Waals surface area contributed by atoms with Gasteiger partial charge in [0.1, 0.15) is 5.75 Å². The van der Waals surface area contributed by atoms with Gasteiger partial charge in [0.05, 0.1) is 11.1 Å². The lowest BCUT2D eigenvalue weighted by molar-refractivity contribution is 0.482. The molecule has 0 aliphatic carbocycles. The molecule has 0 aliphatic rings. The Morgan fingerprint density at radius 1 is 1.26 bits per heavy atom. The molecule has 0 saturated heterocycles. The zero-order chi connectivity index (χ0) is 13.4. The van der Waals surface area contributed by atoms with Crippen molar-refractivity contribution in [3.05, 3.63) is 57.6 Å². The minimum absolute atomic E-state index is 0.0342. The van der Waals surface area contributed by atoms with Crippen LogP contribution in [0.25, 0.3) is 22.0 Å². The predicted molar refractivity (Wildman–Crippen MR) is 77.2 cm³/mol. The van der Waals surface area contributed by atoms with Crippen molar-refractivity contribution in [1.29, 1.82) is 0 Å². The summed E-state index contributed by atoms with van der Waals surface area (Å²) >= 11 is 3.35. The molecule has 0 aliphatic heterocycles. The van der Waals surface area contributed by atoms with Crippen molar-refractivity contribution in [2.24, 2.45) is 0 Å². The number of fused-ring (bicyclic) bond motifs is 1. The molecule has 0 radical (unpaired) electrons. The summed E-state index contributed by atoms with van der Waals surface area (Å²) in [5, 5.41) is 10.9. The maximum Gasteiger partial charge on any atom is 0.260 e. The SMILES string of the molecule is O=c1[nH]c2ccc(Br)cc2c(O)c1-c1cccnc1. The molecule has 5 heteroatoms. The molecule has 0 saturated carbocycles. The minimum Gasteiger partial charge on any atom is -0.506 e. The van der Waals surface area contributed by atoms with Crippen LogP contribution in [0.2, 0.25) is 0 Å². The van der Waals surface area contributed by atoms with Gasteiger partial charge in [-0.05, 0) is 24.3 Å². The van der Waals surface area contributed by atoms with E-state index < -0.39 is 0 Å². The van der Waals surface area contributed by atoms with E-state index >= 15 is 0 Å². The molecule has 94 valence electrons. The van der Waals surface area contributed by atoms with Gasteiger partial charge >= 0.3 is 0 Å². The first kappa shape index (κ1) is 11.9. The van der Waals surface area contributed by atoms with Crippen LogP contribution < -0.4 is 5.56 Å². The van der Waals surface area contributed by atoms with E-state index in [-0.39, 0.29) is 16.9 Å². The number of pyridine rings is 2. The van der Waals surface area contributed by atoms with Gasteiger partial charge in [-0.2, -0.15) is 0 Å². The quantitative estimate of drug-likeness (QED) is 0.725. The summed E-state index contributed by atoms with van der Waals surface area (Å²) in [7, 11) is 0. The third-order valence-corrected chi connectivity index (χ3v) is 3.39. The summed E-state index contributed by atoms with van der Waals surface area (Å²) in [6.07, 6.45) is 3.17. The van der Waals surface area contributed by atoms with E-state index in [4.69, 9.17) is 0 Å². The Bertz CT molecular complexity index is 813. The summed E-state index contributed by atoms with van der Waals surface area (Å²) in [5.74, 6) is -0.0342. The molecule has 0 spiro atoms. The Morgan fingerprint density at radius 3 is 2.84 bits per heavy atom. The van der Waals surface area contributed by atoms with Crippen molar-refractivity contribution in [3.63, 3.8) is 0 Å². The fraction of sp³-hybridized carbons (Fsp3) is 0. The van der Waals surface area contributed by atoms with Gasteiger partial charge in [-0.15, -0.1) is 0 Å². The van der Waals surface area contributed by atoms with Gasteiger partial charge in [-0.3, -0.25) is 9.78 Å². The molecule has 2 N–H and O–H groups in total. The number of benzene rings is 1. The Labute approximate surface area is 116 Å². The molecule has 3 aromatic rings. The number of aromatic amines is 1. The van der Waals surface area contributed by atoms with Gasteiger partial charge in [0.25, 0.3) is 5.56 Å². The lowest BCUT2D eigenvalue weighted by atomic mass is 10.1. The van der Waals surface area contributed by atoms with E-state index in [2.05, 4.69) is 25.9 Å². The minimum atomic E-state index is -0.333. The number of halogens is 1. The van der Waals surface area contributed by atoms with Crippen LogP contribution in [0.15, 0.2) is 52.0 Å². The largest absolute Gasteiger partial charge is 0.506 e. The molecule has 1 aromatic carbocycles. The van der Waals surface area contributed by atoms with Crippen LogP contribution in [0, 0.1) is 0 Å². The van der Waals surface area contributed by atoms with Crippen LogP contribution in [-0.4, -0.2) is 15.1 Å². The van der Waals surface area contributed by atoms with Crippen molar-refractivity contribution < 1.29 is 5.11 Å². The number of aromatic hydroxyl groups is 1. The standard InChI is InChI=1S/C14H9BrN2O2/c15-9-3-4-11-10(6-9)13(18)12(14(19)17-11)8-2-1-5-16-7-8/h1-7H,(H2,17,18,19). The van der Waals surface area contributed by atoms with Crippen molar-refractivity contribution in [1.82, 2.24) is 9.97 Å². The average molecular weight is 317 g/mol. The van der Waals surface area contributed by atoms with Crippen LogP contribution >= 0.6 is 15.9 Å². The number of hydrogen-bond donors (Lipinski definition) is 2. The lowest BCUT2D eigenvalue weighted by Crippen LogP contribution is -2.09. The van der Waals surface area contributed by atoms with Crippen molar-refractivity contribution in [2.75, 3.05) is 0 Å². The second-order valence-electron chi connectivity index (χ2n) is 4.11. The highest BCUT2D eigenvalue weighted by Gasteiger charge is 2.13. The van der Waals surface area contributed by atoms with Gasteiger partial charge in [0.15, 0.2) is 0 Å². The summed E-state index contributed by atoms with van der Waals surface area (Å²) < 4.78 is 0.833. The molecular formula is C14H9BrN2O2. The summed E-state index contributed by atoms with van der Waals surface area (Å²) in [6.45, 7) is 0. The van der Waals surface area contributed by atoms with Crippen LogP contribution in [0.1, 0.15) is 0 Å². The Morgan fingerprint density at radius 2 is 2.11 bits per heavy atom. The normalized spacial score (nSPS) is 10.8. The molecule has 0 fully saturated rings. The van der Waals surface area contributed by atoms with E-state index in [1.54, 1.807) is 36.7 Å². The number of nitrogens with zero attached hydrogens (tertiary/aromatic N) is 1. The highest BCUT2D eigenvalue weighted by Crippen LogP contribution is 2.32. The van der Waals surface area contributed by atoms with Crippen LogP contribution in [-0.2, 0) is 0 Å². The van der Waals surface area contributed by atoms with Gasteiger partial charge in [0.2, 0.25) is 0 Å². The van der Waals surface area contributed by atoms with Crippen LogP contribution in [0.3, 0.4) is 0 Å². The lowest BCUT2D eigenvalue weighted by Gasteiger charge is -2.07. The number of hydrogen-bond acceptors (Lipinski definition) is 3. The molecule has 4 nitrogen and oxygen atoms in total. The Kier molecular flexibility index (Phi) is 2.83. The molecule has 0 amide bonds. The molecule has 0 bridgehead atoms. The number of nitrogens with one attached hydrogen (secondary N) is 1. The first-order valence-electron chi connectivity index (χ1n) is 5.62. The van der Waals surface area contributed by atoms with Gasteiger partial charge in [0, 0.05) is 27.8 Å².